The van der Waals surface area contributed by atoms with E-state index in [1.807, 2.05) is 17.9 Å². The highest BCUT2D eigenvalue weighted by Gasteiger charge is 2.07. The number of nitrogens with one attached hydrogen (secondary N) is 1. The molecule has 7 heteroatoms. The predicted molar refractivity (Wildman–Crippen MR) is 70.5 cm³/mol. The fourth-order valence-corrected chi connectivity index (χ4v) is 2.28. The van der Waals surface area contributed by atoms with Crippen LogP contribution in [0.2, 0.25) is 0 Å². The molecule has 2 aromatic rings. The zero-order valence-electron chi connectivity index (χ0n) is 10.8. The summed E-state index contributed by atoms with van der Waals surface area (Å²) in [7, 11) is 3.57. The van der Waals surface area contributed by atoms with Crippen molar-refractivity contribution in [2.75, 3.05) is 12.4 Å². The van der Waals surface area contributed by atoms with Gasteiger partial charge in [-0.1, -0.05) is 6.92 Å². The summed E-state index contributed by atoms with van der Waals surface area (Å²) in [6, 6.07) is 0. The summed E-state index contributed by atoms with van der Waals surface area (Å²) >= 11 is 1.35. The standard InChI is InChI=1S/C11H17N5OS/c1-4-9-8(6-16(2)14-9)5-12-11-13-10(7-17-3)15-18-11/h6H,4-5,7H2,1-3H3,(H,12,13,15). The molecule has 0 aliphatic carbocycles. The van der Waals surface area contributed by atoms with E-state index in [2.05, 4.69) is 26.7 Å². The lowest BCUT2D eigenvalue weighted by Gasteiger charge is -2.00. The number of aryl methyl sites for hydroxylation is 2. The lowest BCUT2D eigenvalue weighted by Crippen LogP contribution is -2.01. The summed E-state index contributed by atoms with van der Waals surface area (Å²) in [6.07, 6.45) is 2.96. The van der Waals surface area contributed by atoms with Gasteiger partial charge < -0.3 is 10.1 Å². The summed E-state index contributed by atoms with van der Waals surface area (Å²) in [5.74, 6) is 0.715. The van der Waals surface area contributed by atoms with Crippen LogP contribution in [0.4, 0.5) is 5.13 Å². The Bertz CT molecular complexity index is 507. The van der Waals surface area contributed by atoms with E-state index in [9.17, 15) is 0 Å². The molecule has 0 aliphatic rings. The smallest absolute Gasteiger partial charge is 0.202 e. The lowest BCUT2D eigenvalue weighted by atomic mass is 10.2. The Morgan fingerprint density at radius 2 is 2.33 bits per heavy atom. The maximum Gasteiger partial charge on any atom is 0.202 e. The van der Waals surface area contributed by atoms with Gasteiger partial charge in [-0.15, -0.1) is 0 Å². The molecule has 0 radical (unpaired) electrons. The Hall–Kier alpha value is -1.47. The fourth-order valence-electron chi connectivity index (χ4n) is 1.71. The van der Waals surface area contributed by atoms with Crippen LogP contribution >= 0.6 is 11.5 Å². The molecule has 0 spiro atoms. The number of nitrogens with zero attached hydrogens (tertiary/aromatic N) is 4. The van der Waals surface area contributed by atoms with Crippen molar-refractivity contribution in [3.05, 3.63) is 23.3 Å². The monoisotopic (exact) mass is 267 g/mol. The second-order valence-corrected chi connectivity index (χ2v) is 4.68. The predicted octanol–water partition coefficient (Wildman–Crippen LogP) is 1.59. The minimum atomic E-state index is 0.450. The van der Waals surface area contributed by atoms with Crippen molar-refractivity contribution < 1.29 is 4.74 Å². The first-order valence-electron chi connectivity index (χ1n) is 5.79. The molecule has 2 aromatic heterocycles. The van der Waals surface area contributed by atoms with E-state index in [4.69, 9.17) is 4.74 Å². The summed E-state index contributed by atoms with van der Waals surface area (Å²) < 4.78 is 11.0. The highest BCUT2D eigenvalue weighted by molar-refractivity contribution is 7.09. The van der Waals surface area contributed by atoms with Crippen LogP contribution in [0.3, 0.4) is 0 Å². The second kappa shape index (κ2) is 5.92. The molecule has 98 valence electrons. The molecule has 0 saturated heterocycles. The number of anilines is 1. The quantitative estimate of drug-likeness (QED) is 0.861. The van der Waals surface area contributed by atoms with E-state index in [1.54, 1.807) is 7.11 Å². The molecule has 0 saturated carbocycles. The van der Waals surface area contributed by atoms with Crippen LogP contribution < -0.4 is 5.32 Å². The van der Waals surface area contributed by atoms with E-state index in [1.165, 1.54) is 17.1 Å². The van der Waals surface area contributed by atoms with E-state index >= 15 is 0 Å². The molecule has 0 atom stereocenters. The van der Waals surface area contributed by atoms with Crippen LogP contribution in [-0.4, -0.2) is 26.2 Å². The van der Waals surface area contributed by atoms with Crippen molar-refractivity contribution >= 4 is 16.7 Å². The van der Waals surface area contributed by atoms with E-state index in [-0.39, 0.29) is 0 Å². The molecular weight excluding hydrogens is 250 g/mol. The molecule has 6 nitrogen and oxygen atoms in total. The topological polar surface area (TPSA) is 64.9 Å². The number of aromatic nitrogens is 4. The first kappa shape index (κ1) is 13.0. The average molecular weight is 267 g/mol. The molecule has 2 heterocycles. The summed E-state index contributed by atoms with van der Waals surface area (Å²) in [5, 5.41) is 8.48. The third kappa shape index (κ3) is 3.05. The van der Waals surface area contributed by atoms with Crippen LogP contribution in [0.15, 0.2) is 6.20 Å². The minimum Gasteiger partial charge on any atom is -0.377 e. The van der Waals surface area contributed by atoms with Gasteiger partial charge in [-0.25, -0.2) is 4.98 Å². The normalized spacial score (nSPS) is 10.8. The fraction of sp³-hybridized carbons (Fsp3) is 0.545. The maximum absolute atomic E-state index is 4.98. The molecule has 1 N–H and O–H groups in total. The summed E-state index contributed by atoms with van der Waals surface area (Å²) in [5.41, 5.74) is 2.31. The first-order valence-corrected chi connectivity index (χ1v) is 6.57. The van der Waals surface area contributed by atoms with Gasteiger partial charge in [0.2, 0.25) is 5.13 Å². The van der Waals surface area contributed by atoms with E-state index in [0.29, 0.717) is 12.4 Å². The lowest BCUT2D eigenvalue weighted by molar-refractivity contribution is 0.179. The van der Waals surface area contributed by atoms with E-state index in [0.717, 1.165) is 23.8 Å². The number of methoxy groups -OCH3 is 1. The zero-order valence-corrected chi connectivity index (χ0v) is 11.6. The van der Waals surface area contributed by atoms with Gasteiger partial charge in [0.05, 0.1) is 5.69 Å². The van der Waals surface area contributed by atoms with Crippen molar-refractivity contribution in [3.63, 3.8) is 0 Å². The second-order valence-electron chi connectivity index (χ2n) is 3.93. The maximum atomic E-state index is 4.98. The van der Waals surface area contributed by atoms with Gasteiger partial charge >= 0.3 is 0 Å². The Morgan fingerprint density at radius 1 is 1.50 bits per heavy atom. The SMILES string of the molecule is CCc1nn(C)cc1CNc1nc(COC)ns1. The zero-order chi connectivity index (χ0) is 13.0. The summed E-state index contributed by atoms with van der Waals surface area (Å²) in [6.45, 7) is 3.28. The molecular formula is C11H17N5OS. The highest BCUT2D eigenvalue weighted by atomic mass is 32.1. The van der Waals surface area contributed by atoms with Crippen molar-refractivity contribution in [2.45, 2.75) is 26.5 Å². The number of rotatable bonds is 6. The molecule has 0 aromatic carbocycles. The molecule has 18 heavy (non-hydrogen) atoms. The Kier molecular flexibility index (Phi) is 4.27. The van der Waals surface area contributed by atoms with Crippen LogP contribution in [0.25, 0.3) is 0 Å². The van der Waals surface area contributed by atoms with Gasteiger partial charge in [0, 0.05) is 44.0 Å². The molecule has 2 rings (SSSR count). The van der Waals surface area contributed by atoms with Crippen molar-refractivity contribution in [2.24, 2.45) is 7.05 Å². The minimum absolute atomic E-state index is 0.450. The highest BCUT2D eigenvalue weighted by Crippen LogP contribution is 2.14. The Balaban J connectivity index is 1.97. The van der Waals surface area contributed by atoms with Crippen LogP contribution in [0.1, 0.15) is 24.0 Å². The van der Waals surface area contributed by atoms with Crippen molar-refractivity contribution in [1.82, 2.24) is 19.1 Å². The molecule has 0 aliphatic heterocycles. The van der Waals surface area contributed by atoms with Gasteiger partial charge in [0.1, 0.15) is 6.61 Å². The Morgan fingerprint density at radius 3 is 3.06 bits per heavy atom. The number of ether oxygens (including phenoxy) is 1. The van der Waals surface area contributed by atoms with Gasteiger partial charge in [-0.05, 0) is 6.42 Å². The van der Waals surface area contributed by atoms with Crippen LogP contribution in [0.5, 0.6) is 0 Å². The molecule has 0 bridgehead atoms. The average Bonchev–Trinajstić information content (AvgIpc) is 2.93. The molecule has 0 unspecified atom stereocenters. The van der Waals surface area contributed by atoms with Crippen molar-refractivity contribution in [1.29, 1.82) is 0 Å². The van der Waals surface area contributed by atoms with Gasteiger partial charge in [-0.2, -0.15) is 9.47 Å². The molecule has 0 fully saturated rings. The third-order valence-electron chi connectivity index (χ3n) is 2.50. The largest absolute Gasteiger partial charge is 0.377 e. The van der Waals surface area contributed by atoms with Gasteiger partial charge in [-0.3, -0.25) is 4.68 Å². The number of hydrogen-bond donors (Lipinski definition) is 1. The van der Waals surface area contributed by atoms with E-state index < -0.39 is 0 Å². The molecule has 0 amide bonds. The first-order chi connectivity index (χ1) is 8.72. The van der Waals surface area contributed by atoms with Gasteiger partial charge in [0.15, 0.2) is 5.82 Å². The van der Waals surface area contributed by atoms with Crippen LogP contribution in [-0.2, 0) is 31.4 Å². The van der Waals surface area contributed by atoms with Crippen LogP contribution in [0, 0.1) is 0 Å². The third-order valence-corrected chi connectivity index (χ3v) is 3.21. The van der Waals surface area contributed by atoms with Gasteiger partial charge in [0.25, 0.3) is 0 Å². The summed E-state index contributed by atoms with van der Waals surface area (Å²) in [4.78, 5) is 4.32. The Labute approximate surface area is 110 Å². The van der Waals surface area contributed by atoms with Crippen molar-refractivity contribution in [3.8, 4) is 0 Å². The number of hydrogen-bond acceptors (Lipinski definition) is 6.